The molecule has 28 heavy (non-hydrogen) atoms. The maximum Gasteiger partial charge on any atom is 0.243 e. The molecule has 1 aliphatic carbocycles. The van der Waals surface area contributed by atoms with Crippen LogP contribution >= 0.6 is 0 Å². The predicted octanol–water partition coefficient (Wildman–Crippen LogP) is 2.96. The zero-order valence-corrected chi connectivity index (χ0v) is 17.3. The maximum atomic E-state index is 13.1. The fourth-order valence-corrected chi connectivity index (χ4v) is 4.08. The van der Waals surface area contributed by atoms with E-state index in [-0.39, 0.29) is 18.5 Å². The zero-order chi connectivity index (χ0) is 20.3. The van der Waals surface area contributed by atoms with E-state index >= 15 is 0 Å². The van der Waals surface area contributed by atoms with Gasteiger partial charge in [0.15, 0.2) is 0 Å². The van der Waals surface area contributed by atoms with Crippen LogP contribution in [0.4, 0.5) is 5.69 Å². The number of hydrogen-bond donors (Lipinski definition) is 0. The molecule has 1 fully saturated rings. The molecule has 0 radical (unpaired) electrons. The number of carbonyl (C=O) groups is 1. The van der Waals surface area contributed by atoms with Gasteiger partial charge in [-0.25, -0.2) is 8.42 Å². The molecule has 0 aliphatic heterocycles. The normalized spacial score (nSPS) is 13.8. The number of carbonyl (C=O) groups excluding carboxylic acids is 1. The molecule has 2 aromatic rings. The van der Waals surface area contributed by atoms with Crippen LogP contribution in [-0.2, 0) is 21.4 Å². The van der Waals surface area contributed by atoms with Crippen molar-refractivity contribution < 1.29 is 17.9 Å². The molecule has 0 spiro atoms. The van der Waals surface area contributed by atoms with Crippen LogP contribution in [0.15, 0.2) is 48.5 Å². The van der Waals surface area contributed by atoms with E-state index in [1.54, 1.807) is 24.1 Å². The summed E-state index contributed by atoms with van der Waals surface area (Å²) in [5, 5.41) is 0. The van der Waals surface area contributed by atoms with Crippen molar-refractivity contribution in [2.75, 3.05) is 24.2 Å². The molecule has 6 nitrogen and oxygen atoms in total. The lowest BCUT2D eigenvalue weighted by Gasteiger charge is -2.28. The van der Waals surface area contributed by atoms with Crippen molar-refractivity contribution in [3.05, 3.63) is 59.7 Å². The number of ether oxygens (including phenoxy) is 1. The first-order chi connectivity index (χ1) is 13.3. The van der Waals surface area contributed by atoms with Gasteiger partial charge in [0.1, 0.15) is 12.3 Å². The van der Waals surface area contributed by atoms with E-state index in [2.05, 4.69) is 0 Å². The number of para-hydroxylation sites is 1. The molecule has 0 aromatic heterocycles. The number of sulfonamides is 1. The van der Waals surface area contributed by atoms with Gasteiger partial charge in [0.05, 0.1) is 19.1 Å². The Balaban J connectivity index is 1.81. The van der Waals surface area contributed by atoms with Crippen LogP contribution < -0.4 is 9.04 Å². The van der Waals surface area contributed by atoms with Crippen molar-refractivity contribution in [3.63, 3.8) is 0 Å². The number of methoxy groups -OCH3 is 1. The van der Waals surface area contributed by atoms with Crippen molar-refractivity contribution in [3.8, 4) is 5.75 Å². The van der Waals surface area contributed by atoms with Gasteiger partial charge in [0, 0.05) is 12.6 Å². The Bertz CT molecular complexity index is 937. The highest BCUT2D eigenvalue weighted by Gasteiger charge is 2.34. The van der Waals surface area contributed by atoms with E-state index in [0.717, 1.165) is 36.0 Å². The third-order valence-corrected chi connectivity index (χ3v) is 6.01. The molecule has 1 aliphatic rings. The lowest BCUT2D eigenvalue weighted by molar-refractivity contribution is -0.130. The molecule has 7 heteroatoms. The number of rotatable bonds is 8. The minimum absolute atomic E-state index is 0.174. The van der Waals surface area contributed by atoms with E-state index in [9.17, 15) is 13.2 Å². The Morgan fingerprint density at radius 3 is 2.29 bits per heavy atom. The second-order valence-corrected chi connectivity index (χ2v) is 9.06. The smallest absolute Gasteiger partial charge is 0.243 e. The first kappa shape index (κ1) is 20.2. The van der Waals surface area contributed by atoms with Gasteiger partial charge in [0.25, 0.3) is 0 Å². The van der Waals surface area contributed by atoms with Crippen LogP contribution in [0.25, 0.3) is 0 Å². The summed E-state index contributed by atoms with van der Waals surface area (Å²) < 4.78 is 31.2. The third kappa shape index (κ3) is 4.84. The number of aryl methyl sites for hydroxylation is 1. The first-order valence-corrected chi connectivity index (χ1v) is 11.1. The van der Waals surface area contributed by atoms with Crippen molar-refractivity contribution in [1.29, 1.82) is 0 Å². The fraction of sp³-hybridized carbons (Fsp3) is 0.381. The fourth-order valence-electron chi connectivity index (χ4n) is 3.17. The molecule has 150 valence electrons. The Morgan fingerprint density at radius 1 is 1.11 bits per heavy atom. The molecule has 1 amide bonds. The van der Waals surface area contributed by atoms with Gasteiger partial charge in [-0.05, 0) is 49.1 Å². The monoisotopic (exact) mass is 402 g/mol. The minimum Gasteiger partial charge on any atom is -0.497 e. The molecule has 0 heterocycles. The molecule has 1 saturated carbocycles. The maximum absolute atomic E-state index is 13.1. The largest absolute Gasteiger partial charge is 0.497 e. The summed E-state index contributed by atoms with van der Waals surface area (Å²) in [6, 6.07) is 15.0. The van der Waals surface area contributed by atoms with E-state index in [1.807, 2.05) is 43.3 Å². The van der Waals surface area contributed by atoms with Gasteiger partial charge in [-0.2, -0.15) is 0 Å². The van der Waals surface area contributed by atoms with Crippen LogP contribution in [-0.4, -0.2) is 45.2 Å². The van der Waals surface area contributed by atoms with Crippen molar-refractivity contribution >= 4 is 21.6 Å². The summed E-state index contributed by atoms with van der Waals surface area (Å²) >= 11 is 0. The Labute approximate surface area is 166 Å². The average Bonchev–Trinajstić information content (AvgIpc) is 3.49. The highest BCUT2D eigenvalue weighted by atomic mass is 32.2. The van der Waals surface area contributed by atoms with Crippen LogP contribution in [0.1, 0.15) is 24.0 Å². The SMILES string of the molecule is COc1ccc(CN(C(=O)CN(c2ccccc2C)S(C)(=O)=O)C2CC2)cc1. The Kier molecular flexibility index (Phi) is 5.93. The number of anilines is 1. The molecular weight excluding hydrogens is 376 g/mol. The van der Waals surface area contributed by atoms with Crippen molar-refractivity contribution in [2.45, 2.75) is 32.4 Å². The minimum atomic E-state index is -3.59. The summed E-state index contributed by atoms with van der Waals surface area (Å²) in [5.74, 6) is 0.572. The number of benzene rings is 2. The summed E-state index contributed by atoms with van der Waals surface area (Å²) in [6.07, 6.45) is 3.04. The van der Waals surface area contributed by atoms with Gasteiger partial charge in [-0.1, -0.05) is 30.3 Å². The van der Waals surface area contributed by atoms with Crippen LogP contribution in [0.3, 0.4) is 0 Å². The number of nitrogens with zero attached hydrogens (tertiary/aromatic N) is 2. The molecule has 0 bridgehead atoms. The number of hydrogen-bond acceptors (Lipinski definition) is 4. The van der Waals surface area contributed by atoms with E-state index in [4.69, 9.17) is 4.74 Å². The van der Waals surface area contributed by atoms with Crippen LogP contribution in [0, 0.1) is 6.92 Å². The lowest BCUT2D eigenvalue weighted by Crippen LogP contribution is -2.43. The van der Waals surface area contributed by atoms with Gasteiger partial charge < -0.3 is 9.64 Å². The second-order valence-electron chi connectivity index (χ2n) is 7.16. The molecule has 2 aromatic carbocycles. The van der Waals surface area contributed by atoms with E-state index < -0.39 is 10.0 Å². The van der Waals surface area contributed by atoms with Gasteiger partial charge >= 0.3 is 0 Å². The van der Waals surface area contributed by atoms with Crippen LogP contribution in [0.5, 0.6) is 5.75 Å². The van der Waals surface area contributed by atoms with Crippen LogP contribution in [0.2, 0.25) is 0 Å². The Hall–Kier alpha value is -2.54. The quantitative estimate of drug-likeness (QED) is 0.681. The first-order valence-electron chi connectivity index (χ1n) is 9.25. The highest BCUT2D eigenvalue weighted by Crippen LogP contribution is 2.30. The topological polar surface area (TPSA) is 66.9 Å². The molecule has 0 N–H and O–H groups in total. The summed E-state index contributed by atoms with van der Waals surface area (Å²) in [5.41, 5.74) is 2.34. The number of amides is 1. The lowest BCUT2D eigenvalue weighted by atomic mass is 10.2. The third-order valence-electron chi connectivity index (χ3n) is 4.88. The molecule has 0 saturated heterocycles. The predicted molar refractivity (Wildman–Crippen MR) is 110 cm³/mol. The average molecular weight is 403 g/mol. The zero-order valence-electron chi connectivity index (χ0n) is 16.5. The molecule has 0 atom stereocenters. The van der Waals surface area contributed by atoms with Crippen molar-refractivity contribution in [2.24, 2.45) is 0 Å². The molecule has 3 rings (SSSR count). The van der Waals surface area contributed by atoms with E-state index in [0.29, 0.717) is 12.2 Å². The van der Waals surface area contributed by atoms with Gasteiger partial charge in [-0.15, -0.1) is 0 Å². The molecule has 0 unspecified atom stereocenters. The molecular formula is C21H26N2O4S. The highest BCUT2D eigenvalue weighted by molar-refractivity contribution is 7.92. The Morgan fingerprint density at radius 2 is 1.75 bits per heavy atom. The second kappa shape index (κ2) is 8.22. The van der Waals surface area contributed by atoms with Gasteiger partial charge in [0.2, 0.25) is 15.9 Å². The van der Waals surface area contributed by atoms with E-state index in [1.165, 1.54) is 4.31 Å². The summed E-state index contributed by atoms with van der Waals surface area (Å²) in [6.45, 7) is 2.10. The van der Waals surface area contributed by atoms with Gasteiger partial charge in [-0.3, -0.25) is 9.10 Å². The standard InChI is InChI=1S/C21H26N2O4S/c1-16-6-4-5-7-20(16)23(28(3,25)26)15-21(24)22(18-10-11-18)14-17-8-12-19(27-2)13-9-17/h4-9,12-13,18H,10-11,14-15H2,1-3H3. The van der Waals surface area contributed by atoms with Crippen molar-refractivity contribution in [1.82, 2.24) is 4.90 Å². The summed E-state index contributed by atoms with van der Waals surface area (Å²) in [7, 11) is -1.98. The summed E-state index contributed by atoms with van der Waals surface area (Å²) in [4.78, 5) is 14.9.